The van der Waals surface area contributed by atoms with E-state index in [1.165, 1.54) is 43.7 Å². The van der Waals surface area contributed by atoms with Gasteiger partial charge >= 0.3 is 0 Å². The summed E-state index contributed by atoms with van der Waals surface area (Å²) >= 11 is 12.1. The molecule has 0 aliphatic carbocycles. The van der Waals surface area contributed by atoms with Gasteiger partial charge in [0.15, 0.2) is 5.76 Å². The summed E-state index contributed by atoms with van der Waals surface area (Å²) in [6, 6.07) is 12.3. The third-order valence-corrected chi connectivity index (χ3v) is 4.23. The van der Waals surface area contributed by atoms with Crippen molar-refractivity contribution in [1.29, 1.82) is 10.8 Å². The molecule has 0 saturated carbocycles. The van der Waals surface area contributed by atoms with E-state index in [0.29, 0.717) is 16.5 Å². The summed E-state index contributed by atoms with van der Waals surface area (Å²) < 4.78 is 15.4. The minimum atomic E-state index is -0.464. The van der Waals surface area contributed by atoms with Gasteiger partial charge in [0.05, 0.1) is 18.9 Å². The lowest BCUT2D eigenvalue weighted by atomic mass is 10.1. The Balaban J connectivity index is 1.80. The number of furan rings is 1. The van der Waals surface area contributed by atoms with Crippen LogP contribution in [0.15, 0.2) is 59.2 Å². The van der Waals surface area contributed by atoms with Gasteiger partial charge in [-0.3, -0.25) is 15.6 Å². The summed E-state index contributed by atoms with van der Waals surface area (Å²) in [6.45, 7) is 0. The molecule has 0 spiro atoms. The number of ether oxygens (including phenoxy) is 2. The van der Waals surface area contributed by atoms with Gasteiger partial charge < -0.3 is 19.2 Å². The maximum absolute atomic E-state index is 12.6. The lowest BCUT2D eigenvalue weighted by Gasteiger charge is -2.12. The molecular weight excluding hydrogens is 417 g/mol. The third-order valence-electron chi connectivity index (χ3n) is 3.77. The number of halogens is 2. The fourth-order valence-electron chi connectivity index (χ4n) is 2.47. The minimum absolute atomic E-state index is 0.179. The SMILES string of the molecule is COc1ccc(Cl)cc1C(=O)Nc1cc(Cl)cc(C(=N)OC(=N)c2ccco2)c1. The molecule has 9 heteroatoms. The second kappa shape index (κ2) is 8.81. The van der Waals surface area contributed by atoms with Crippen molar-refractivity contribution in [3.8, 4) is 5.75 Å². The van der Waals surface area contributed by atoms with Crippen LogP contribution in [0, 0.1) is 10.8 Å². The van der Waals surface area contributed by atoms with Gasteiger partial charge in [-0.2, -0.15) is 0 Å². The third kappa shape index (κ3) is 4.96. The second-order valence-corrected chi connectivity index (χ2v) is 6.64. The number of rotatable bonds is 5. The van der Waals surface area contributed by atoms with E-state index in [0.717, 1.165) is 0 Å². The van der Waals surface area contributed by atoms with Crippen LogP contribution in [0.3, 0.4) is 0 Å². The number of carbonyl (C=O) groups is 1. The van der Waals surface area contributed by atoms with Crippen molar-refractivity contribution < 1.29 is 18.7 Å². The summed E-state index contributed by atoms with van der Waals surface area (Å²) in [7, 11) is 1.45. The zero-order valence-electron chi connectivity index (χ0n) is 15.1. The molecule has 0 radical (unpaired) electrons. The van der Waals surface area contributed by atoms with Crippen molar-refractivity contribution >= 4 is 46.6 Å². The van der Waals surface area contributed by atoms with E-state index in [1.807, 2.05) is 0 Å². The topological polar surface area (TPSA) is 108 Å². The normalized spacial score (nSPS) is 10.3. The minimum Gasteiger partial charge on any atom is -0.496 e. The highest BCUT2D eigenvalue weighted by molar-refractivity contribution is 6.32. The molecule has 0 aliphatic heterocycles. The molecule has 3 N–H and O–H groups in total. The second-order valence-electron chi connectivity index (χ2n) is 5.76. The zero-order chi connectivity index (χ0) is 21.0. The molecule has 3 aromatic rings. The molecule has 0 fully saturated rings. The molecule has 2 aromatic carbocycles. The highest BCUT2D eigenvalue weighted by atomic mass is 35.5. The van der Waals surface area contributed by atoms with Crippen LogP contribution in [-0.2, 0) is 4.74 Å². The summed E-state index contributed by atoms with van der Waals surface area (Å²) in [6.07, 6.45) is 1.40. The molecular formula is C20H15Cl2N3O4. The molecule has 0 atom stereocenters. The number of anilines is 1. The largest absolute Gasteiger partial charge is 0.496 e. The fourth-order valence-corrected chi connectivity index (χ4v) is 2.88. The molecule has 0 saturated heterocycles. The van der Waals surface area contributed by atoms with Gasteiger partial charge in [0, 0.05) is 21.3 Å². The number of amides is 1. The summed E-state index contributed by atoms with van der Waals surface area (Å²) in [5.74, 6) is -0.581. The zero-order valence-corrected chi connectivity index (χ0v) is 16.6. The Morgan fingerprint density at radius 1 is 1.03 bits per heavy atom. The summed E-state index contributed by atoms with van der Waals surface area (Å²) in [4.78, 5) is 12.6. The first-order valence-electron chi connectivity index (χ1n) is 8.22. The molecule has 7 nitrogen and oxygen atoms in total. The number of carbonyl (C=O) groups excluding carboxylic acids is 1. The van der Waals surface area contributed by atoms with Crippen LogP contribution in [0.4, 0.5) is 5.69 Å². The van der Waals surface area contributed by atoms with E-state index in [2.05, 4.69) is 5.32 Å². The Bertz CT molecular complexity index is 1080. The van der Waals surface area contributed by atoms with Crippen molar-refractivity contribution in [3.05, 3.63) is 81.7 Å². The standard InChI is InChI=1S/C20H15Cl2N3O4/c1-27-16-5-4-12(21)10-15(16)20(26)25-14-8-11(7-13(22)9-14)18(23)29-19(24)17-3-2-6-28-17/h2-10,23-24H,1H3,(H,25,26). The first-order valence-corrected chi connectivity index (χ1v) is 8.97. The Labute approximate surface area is 176 Å². The molecule has 1 heterocycles. The van der Waals surface area contributed by atoms with Crippen molar-refractivity contribution in [2.24, 2.45) is 0 Å². The van der Waals surface area contributed by atoms with Gasteiger partial charge in [-0.25, -0.2) is 0 Å². The molecule has 3 rings (SSSR count). The number of hydrogen-bond acceptors (Lipinski definition) is 6. The Morgan fingerprint density at radius 3 is 2.52 bits per heavy atom. The molecule has 29 heavy (non-hydrogen) atoms. The predicted octanol–water partition coefficient (Wildman–Crippen LogP) is 5.21. The maximum atomic E-state index is 12.6. The quantitative estimate of drug-likeness (QED) is 0.380. The van der Waals surface area contributed by atoms with Crippen molar-refractivity contribution in [2.75, 3.05) is 12.4 Å². The monoisotopic (exact) mass is 431 g/mol. The first kappa shape index (κ1) is 20.4. The van der Waals surface area contributed by atoms with E-state index >= 15 is 0 Å². The lowest BCUT2D eigenvalue weighted by molar-refractivity contribution is 0.102. The number of nitrogens with one attached hydrogen (secondary N) is 3. The van der Waals surface area contributed by atoms with Gasteiger partial charge in [-0.05, 0) is 48.5 Å². The van der Waals surface area contributed by atoms with Crippen molar-refractivity contribution in [2.45, 2.75) is 0 Å². The highest BCUT2D eigenvalue weighted by Crippen LogP contribution is 2.25. The predicted molar refractivity (Wildman–Crippen MR) is 111 cm³/mol. The van der Waals surface area contributed by atoms with Crippen LogP contribution < -0.4 is 10.1 Å². The Morgan fingerprint density at radius 2 is 1.83 bits per heavy atom. The molecule has 0 bridgehead atoms. The highest BCUT2D eigenvalue weighted by Gasteiger charge is 2.16. The van der Waals surface area contributed by atoms with Crippen LogP contribution in [-0.4, -0.2) is 24.8 Å². The number of benzene rings is 2. The lowest BCUT2D eigenvalue weighted by Crippen LogP contribution is -2.15. The average molecular weight is 432 g/mol. The Kier molecular flexibility index (Phi) is 6.21. The van der Waals surface area contributed by atoms with Gasteiger partial charge in [-0.15, -0.1) is 0 Å². The van der Waals surface area contributed by atoms with E-state index in [1.54, 1.807) is 18.2 Å². The van der Waals surface area contributed by atoms with Crippen LogP contribution in [0.25, 0.3) is 0 Å². The smallest absolute Gasteiger partial charge is 0.259 e. The van der Waals surface area contributed by atoms with E-state index in [-0.39, 0.29) is 33.7 Å². The first-order chi connectivity index (χ1) is 13.9. The summed E-state index contributed by atoms with van der Waals surface area (Å²) in [5, 5.41) is 19.3. The maximum Gasteiger partial charge on any atom is 0.259 e. The van der Waals surface area contributed by atoms with Crippen LogP contribution in [0.2, 0.25) is 10.0 Å². The summed E-state index contributed by atoms with van der Waals surface area (Å²) in [5.41, 5.74) is 0.840. The Hall–Kier alpha value is -3.29. The fraction of sp³-hybridized carbons (Fsp3) is 0.0500. The van der Waals surface area contributed by atoms with Gasteiger partial charge in [0.25, 0.3) is 11.8 Å². The van der Waals surface area contributed by atoms with Gasteiger partial charge in [-0.1, -0.05) is 23.2 Å². The molecule has 148 valence electrons. The molecule has 0 aliphatic rings. The van der Waals surface area contributed by atoms with Crippen molar-refractivity contribution in [3.63, 3.8) is 0 Å². The van der Waals surface area contributed by atoms with Gasteiger partial charge in [0.2, 0.25) is 5.90 Å². The van der Waals surface area contributed by atoms with Crippen LogP contribution >= 0.6 is 23.2 Å². The average Bonchev–Trinajstić information content (AvgIpc) is 3.22. The van der Waals surface area contributed by atoms with E-state index < -0.39 is 5.91 Å². The van der Waals surface area contributed by atoms with Gasteiger partial charge in [0.1, 0.15) is 5.75 Å². The van der Waals surface area contributed by atoms with Crippen molar-refractivity contribution in [1.82, 2.24) is 0 Å². The van der Waals surface area contributed by atoms with Crippen LogP contribution in [0.5, 0.6) is 5.75 Å². The van der Waals surface area contributed by atoms with Crippen LogP contribution in [0.1, 0.15) is 21.7 Å². The molecule has 0 unspecified atom stereocenters. The van der Waals surface area contributed by atoms with E-state index in [4.69, 9.17) is 47.9 Å². The number of methoxy groups -OCH3 is 1. The molecule has 1 amide bonds. The van der Waals surface area contributed by atoms with E-state index in [9.17, 15) is 4.79 Å². The molecule has 1 aromatic heterocycles. The number of hydrogen-bond donors (Lipinski definition) is 3.